The summed E-state index contributed by atoms with van der Waals surface area (Å²) in [4.78, 5) is 24.0. The lowest BCUT2D eigenvalue weighted by Gasteiger charge is -2.22. The lowest BCUT2D eigenvalue weighted by atomic mass is 9.86. The minimum atomic E-state index is -1.40. The van der Waals surface area contributed by atoms with E-state index in [0.29, 0.717) is 19.4 Å². The third-order valence-electron chi connectivity index (χ3n) is 6.53. The number of benzene rings is 1. The zero-order valence-corrected chi connectivity index (χ0v) is 19.5. The molecule has 0 saturated heterocycles. The van der Waals surface area contributed by atoms with E-state index < -0.39 is 17.4 Å². The molecular formula is C26H41NO4. The molecule has 0 bridgehead atoms. The Balaban J connectivity index is 1.69. The fourth-order valence-corrected chi connectivity index (χ4v) is 4.50. The van der Waals surface area contributed by atoms with Crippen molar-refractivity contribution in [2.75, 3.05) is 6.61 Å². The van der Waals surface area contributed by atoms with Crippen LogP contribution in [-0.2, 0) is 27.3 Å². The number of hydrogen-bond donors (Lipinski definition) is 2. The highest BCUT2D eigenvalue weighted by atomic mass is 16.5. The second-order valence-corrected chi connectivity index (χ2v) is 8.97. The number of carboxylic acid groups (broad SMARTS) is 1. The zero-order chi connectivity index (χ0) is 22.5. The Kier molecular flexibility index (Phi) is 11.1. The molecule has 1 fully saturated rings. The van der Waals surface area contributed by atoms with Crippen LogP contribution in [0.25, 0.3) is 0 Å². The largest absolute Gasteiger partial charge is 0.480 e. The Morgan fingerprint density at radius 1 is 1.00 bits per heavy atom. The summed E-state index contributed by atoms with van der Waals surface area (Å²) in [6.07, 6.45) is 13.1. The van der Waals surface area contributed by atoms with Gasteiger partial charge in [-0.1, -0.05) is 76.1 Å². The van der Waals surface area contributed by atoms with Gasteiger partial charge < -0.3 is 15.2 Å². The van der Waals surface area contributed by atoms with Gasteiger partial charge in [0.15, 0.2) is 5.41 Å². The SMILES string of the molecule is CCCCCCCCCCc1ccc(CNC2CCC(C(=O)O)(C(=O)OCC)C2)cc1. The molecule has 2 N–H and O–H groups in total. The van der Waals surface area contributed by atoms with Gasteiger partial charge in [0.25, 0.3) is 0 Å². The van der Waals surface area contributed by atoms with Gasteiger partial charge in [-0.25, -0.2) is 0 Å². The smallest absolute Gasteiger partial charge is 0.323 e. The number of carbonyl (C=O) groups is 2. The lowest BCUT2D eigenvalue weighted by molar-refractivity contribution is -0.168. The van der Waals surface area contributed by atoms with Gasteiger partial charge >= 0.3 is 11.9 Å². The Morgan fingerprint density at radius 3 is 2.23 bits per heavy atom. The lowest BCUT2D eigenvalue weighted by Crippen LogP contribution is -2.40. The first-order valence-electron chi connectivity index (χ1n) is 12.2. The molecule has 0 radical (unpaired) electrons. The summed E-state index contributed by atoms with van der Waals surface area (Å²) in [5.74, 6) is -1.67. The summed E-state index contributed by atoms with van der Waals surface area (Å²) < 4.78 is 5.04. The molecule has 5 nitrogen and oxygen atoms in total. The molecule has 1 saturated carbocycles. The Hall–Kier alpha value is -1.88. The van der Waals surface area contributed by atoms with Crippen LogP contribution < -0.4 is 5.32 Å². The maximum Gasteiger partial charge on any atom is 0.323 e. The highest BCUT2D eigenvalue weighted by molar-refractivity contribution is 5.99. The van der Waals surface area contributed by atoms with Gasteiger partial charge in [-0.15, -0.1) is 0 Å². The molecule has 1 aromatic carbocycles. The highest BCUT2D eigenvalue weighted by Crippen LogP contribution is 2.40. The van der Waals surface area contributed by atoms with E-state index in [1.807, 2.05) is 0 Å². The van der Waals surface area contributed by atoms with E-state index in [9.17, 15) is 14.7 Å². The summed E-state index contributed by atoms with van der Waals surface area (Å²) in [6.45, 7) is 4.85. The normalized spacial score (nSPS) is 20.6. The number of aliphatic carboxylic acids is 1. The maximum absolute atomic E-state index is 12.2. The van der Waals surface area contributed by atoms with Crippen molar-refractivity contribution in [3.05, 3.63) is 35.4 Å². The first-order valence-corrected chi connectivity index (χ1v) is 12.2. The van der Waals surface area contributed by atoms with Crippen molar-refractivity contribution >= 4 is 11.9 Å². The quantitative estimate of drug-likeness (QED) is 0.213. The van der Waals surface area contributed by atoms with E-state index in [2.05, 4.69) is 36.5 Å². The van der Waals surface area contributed by atoms with Crippen molar-refractivity contribution in [2.24, 2.45) is 5.41 Å². The Bertz CT molecular complexity index is 672. The third kappa shape index (κ3) is 7.95. The van der Waals surface area contributed by atoms with Crippen molar-refractivity contribution < 1.29 is 19.4 Å². The molecule has 1 aliphatic carbocycles. The van der Waals surface area contributed by atoms with E-state index in [1.165, 1.54) is 62.5 Å². The van der Waals surface area contributed by atoms with Gasteiger partial charge in [-0.05, 0) is 50.2 Å². The van der Waals surface area contributed by atoms with E-state index >= 15 is 0 Å². The molecule has 2 unspecified atom stereocenters. The van der Waals surface area contributed by atoms with Crippen LogP contribution in [0, 0.1) is 5.41 Å². The third-order valence-corrected chi connectivity index (χ3v) is 6.53. The van der Waals surface area contributed by atoms with Crippen LogP contribution in [0.3, 0.4) is 0 Å². The number of carboxylic acids is 1. The van der Waals surface area contributed by atoms with E-state index in [4.69, 9.17) is 4.74 Å². The molecule has 2 rings (SSSR count). The first kappa shape index (κ1) is 25.4. The summed E-state index contributed by atoms with van der Waals surface area (Å²) in [5.41, 5.74) is 1.17. The number of esters is 1. The van der Waals surface area contributed by atoms with Gasteiger partial charge in [-0.2, -0.15) is 0 Å². The van der Waals surface area contributed by atoms with Crippen LogP contribution in [0.15, 0.2) is 24.3 Å². The van der Waals surface area contributed by atoms with Crippen LogP contribution in [-0.4, -0.2) is 29.7 Å². The summed E-state index contributed by atoms with van der Waals surface area (Å²) in [7, 11) is 0. The van der Waals surface area contributed by atoms with Crippen molar-refractivity contribution in [3.63, 3.8) is 0 Å². The number of ether oxygens (including phenoxy) is 1. The minimum Gasteiger partial charge on any atom is -0.480 e. The predicted molar refractivity (Wildman–Crippen MR) is 124 cm³/mol. The summed E-state index contributed by atoms with van der Waals surface area (Å²) in [6, 6.07) is 8.72. The molecule has 174 valence electrons. The van der Waals surface area contributed by atoms with Gasteiger partial charge in [0.05, 0.1) is 6.61 Å². The molecule has 1 aromatic rings. The monoisotopic (exact) mass is 431 g/mol. The summed E-state index contributed by atoms with van der Waals surface area (Å²) in [5, 5.41) is 13.1. The standard InChI is InChI=1S/C26H41NO4/c1-3-5-6-7-8-9-10-11-12-21-13-15-22(16-14-21)20-27-23-17-18-26(19-23,24(28)29)25(30)31-4-2/h13-16,23,27H,3-12,17-20H2,1-2H3,(H,28,29). The van der Waals surface area contributed by atoms with E-state index in [0.717, 1.165) is 6.42 Å². The molecule has 1 aliphatic rings. The molecule has 0 amide bonds. The molecule has 2 atom stereocenters. The molecule has 0 heterocycles. The van der Waals surface area contributed by atoms with Gasteiger partial charge in [0.1, 0.15) is 0 Å². The number of hydrogen-bond acceptors (Lipinski definition) is 4. The van der Waals surface area contributed by atoms with Gasteiger partial charge in [-0.3, -0.25) is 9.59 Å². The van der Waals surface area contributed by atoms with Gasteiger partial charge in [0.2, 0.25) is 0 Å². The molecule has 5 heteroatoms. The second kappa shape index (κ2) is 13.5. The fourth-order valence-electron chi connectivity index (χ4n) is 4.50. The van der Waals surface area contributed by atoms with Crippen molar-refractivity contribution in [1.82, 2.24) is 5.32 Å². The molecule has 0 aliphatic heterocycles. The predicted octanol–water partition coefficient (Wildman–Crippen LogP) is 5.65. The van der Waals surface area contributed by atoms with Crippen LogP contribution in [0.2, 0.25) is 0 Å². The average Bonchev–Trinajstić information content (AvgIpc) is 3.21. The number of carbonyl (C=O) groups excluding carboxylic acids is 1. The van der Waals surface area contributed by atoms with Crippen LogP contribution in [0.1, 0.15) is 95.6 Å². The second-order valence-electron chi connectivity index (χ2n) is 8.97. The number of unbranched alkanes of at least 4 members (excludes halogenated alkanes) is 7. The average molecular weight is 432 g/mol. The van der Waals surface area contributed by atoms with E-state index in [1.54, 1.807) is 6.92 Å². The Morgan fingerprint density at radius 2 is 1.61 bits per heavy atom. The van der Waals surface area contributed by atoms with Crippen molar-refractivity contribution in [2.45, 2.75) is 103 Å². The summed E-state index contributed by atoms with van der Waals surface area (Å²) >= 11 is 0. The van der Waals surface area contributed by atoms with Crippen LogP contribution in [0.5, 0.6) is 0 Å². The number of rotatable bonds is 15. The van der Waals surface area contributed by atoms with Crippen molar-refractivity contribution in [3.8, 4) is 0 Å². The Labute approximate surface area is 188 Å². The van der Waals surface area contributed by atoms with Crippen molar-refractivity contribution in [1.29, 1.82) is 0 Å². The molecule has 31 heavy (non-hydrogen) atoms. The fraction of sp³-hybridized carbons (Fsp3) is 0.692. The van der Waals surface area contributed by atoms with Gasteiger partial charge in [0, 0.05) is 12.6 Å². The number of aryl methyl sites for hydroxylation is 1. The molecule has 0 aromatic heterocycles. The zero-order valence-electron chi connectivity index (χ0n) is 19.5. The first-order chi connectivity index (χ1) is 15.0. The minimum absolute atomic E-state index is 0.0116. The topological polar surface area (TPSA) is 75.6 Å². The maximum atomic E-state index is 12.2. The van der Waals surface area contributed by atoms with Crippen LogP contribution >= 0.6 is 0 Å². The molecular weight excluding hydrogens is 390 g/mol. The van der Waals surface area contributed by atoms with Crippen LogP contribution in [0.4, 0.5) is 0 Å². The van der Waals surface area contributed by atoms with E-state index in [-0.39, 0.29) is 19.1 Å². The number of nitrogens with one attached hydrogen (secondary N) is 1. The molecule has 0 spiro atoms. The highest BCUT2D eigenvalue weighted by Gasteiger charge is 2.52.